The summed E-state index contributed by atoms with van der Waals surface area (Å²) in [4.78, 5) is 4.63. The molecular formula is C23H25N5O3. The van der Waals surface area contributed by atoms with E-state index in [9.17, 15) is 10.2 Å². The van der Waals surface area contributed by atoms with Crippen LogP contribution in [0.15, 0.2) is 59.6 Å². The summed E-state index contributed by atoms with van der Waals surface area (Å²) in [5, 5.41) is 27.4. The average Bonchev–Trinajstić information content (AvgIpc) is 3.28. The molecule has 0 aliphatic carbocycles. The molecule has 8 nitrogen and oxygen atoms in total. The van der Waals surface area contributed by atoms with E-state index in [1.54, 1.807) is 17.9 Å². The average molecular weight is 419 g/mol. The molecule has 3 N–H and O–H groups in total. The van der Waals surface area contributed by atoms with Gasteiger partial charge in [-0.05, 0) is 26.0 Å². The monoisotopic (exact) mass is 419 g/mol. The molecule has 1 saturated heterocycles. The van der Waals surface area contributed by atoms with Crippen LogP contribution in [0.1, 0.15) is 24.3 Å². The summed E-state index contributed by atoms with van der Waals surface area (Å²) in [6, 6.07) is 18.0. The number of aliphatic imine (C=N–C) groups is 1. The van der Waals surface area contributed by atoms with Crippen LogP contribution in [0.4, 0.5) is 11.5 Å². The molecule has 2 aliphatic rings. The molecule has 2 aromatic carbocycles. The zero-order chi connectivity index (χ0) is 21.5. The lowest BCUT2D eigenvalue weighted by Gasteiger charge is -2.25. The Morgan fingerprint density at radius 2 is 1.77 bits per heavy atom. The van der Waals surface area contributed by atoms with E-state index in [4.69, 9.17) is 9.84 Å². The van der Waals surface area contributed by atoms with Gasteiger partial charge in [-0.3, -0.25) is 10.4 Å². The molecule has 3 aromatic rings. The molecule has 1 aromatic heterocycles. The maximum atomic E-state index is 10.5. The van der Waals surface area contributed by atoms with Crippen LogP contribution in [0.2, 0.25) is 0 Å². The van der Waals surface area contributed by atoms with Crippen molar-refractivity contribution < 1.29 is 14.9 Å². The van der Waals surface area contributed by atoms with E-state index in [2.05, 4.69) is 17.3 Å². The fraction of sp³-hybridized carbons (Fsp3) is 0.304. The minimum absolute atomic E-state index is 0.493. The number of nitrogens with zero attached hydrogens (tertiary/aromatic N) is 4. The number of aromatic nitrogens is 2. The number of hydrogen-bond donors (Lipinski definition) is 3. The van der Waals surface area contributed by atoms with Crippen molar-refractivity contribution in [1.82, 2.24) is 14.8 Å². The molecule has 2 aliphatic heterocycles. The van der Waals surface area contributed by atoms with Crippen LogP contribution >= 0.6 is 0 Å². The standard InChI is InChI=1S/C23H25N5O3/c1-14-8-10-17(11-9-14)25-27-12-18-19(16-6-4-3-5-7-16)26-28(22(18)24-13-27)23-21(30)20(29)15(2)31-23/h3-11,13,15,20-21,23,25,29-30H,12H2,1-2H3/t15-,20-,21-,23-/m1/s1. The highest BCUT2D eigenvalue weighted by atomic mass is 16.6. The second kappa shape index (κ2) is 7.81. The number of aliphatic hydroxyl groups is 2. The first-order valence-electron chi connectivity index (χ1n) is 10.3. The van der Waals surface area contributed by atoms with Crippen LogP contribution in [-0.4, -0.2) is 49.7 Å². The lowest BCUT2D eigenvalue weighted by molar-refractivity contribution is -0.0384. The maximum Gasteiger partial charge on any atom is 0.181 e. The first kappa shape index (κ1) is 19.7. The first-order valence-corrected chi connectivity index (χ1v) is 10.3. The van der Waals surface area contributed by atoms with Crippen LogP contribution < -0.4 is 5.43 Å². The zero-order valence-corrected chi connectivity index (χ0v) is 17.4. The predicted octanol–water partition coefficient (Wildman–Crippen LogP) is 3.00. The van der Waals surface area contributed by atoms with E-state index in [0.29, 0.717) is 12.4 Å². The summed E-state index contributed by atoms with van der Waals surface area (Å²) in [5.41, 5.74) is 8.14. The van der Waals surface area contributed by atoms with E-state index in [1.807, 2.05) is 59.6 Å². The number of fused-ring (bicyclic) bond motifs is 1. The van der Waals surface area contributed by atoms with Gasteiger partial charge < -0.3 is 14.9 Å². The Kier molecular flexibility index (Phi) is 4.97. The van der Waals surface area contributed by atoms with Gasteiger partial charge in [0.05, 0.1) is 24.0 Å². The molecular weight excluding hydrogens is 394 g/mol. The number of anilines is 1. The highest BCUT2D eigenvalue weighted by Gasteiger charge is 2.43. The van der Waals surface area contributed by atoms with Crippen LogP contribution in [0.25, 0.3) is 11.3 Å². The summed E-state index contributed by atoms with van der Waals surface area (Å²) < 4.78 is 7.41. The van der Waals surface area contributed by atoms with Gasteiger partial charge in [-0.1, -0.05) is 48.0 Å². The van der Waals surface area contributed by atoms with E-state index < -0.39 is 24.5 Å². The Balaban J connectivity index is 1.52. The highest BCUT2D eigenvalue weighted by Crippen LogP contribution is 2.39. The highest BCUT2D eigenvalue weighted by molar-refractivity contribution is 5.74. The third-order valence-electron chi connectivity index (χ3n) is 5.72. The fourth-order valence-corrected chi connectivity index (χ4v) is 3.98. The number of aryl methyl sites for hydroxylation is 1. The summed E-state index contributed by atoms with van der Waals surface area (Å²) in [5.74, 6) is 0.617. The Morgan fingerprint density at radius 3 is 2.45 bits per heavy atom. The van der Waals surface area contributed by atoms with Crippen molar-refractivity contribution in [3.05, 3.63) is 65.7 Å². The number of nitrogens with one attached hydrogen (secondary N) is 1. The van der Waals surface area contributed by atoms with E-state index >= 15 is 0 Å². The molecule has 0 saturated carbocycles. The van der Waals surface area contributed by atoms with Gasteiger partial charge in [-0.25, -0.2) is 9.67 Å². The van der Waals surface area contributed by atoms with Gasteiger partial charge >= 0.3 is 0 Å². The van der Waals surface area contributed by atoms with E-state index in [0.717, 1.165) is 22.5 Å². The quantitative estimate of drug-likeness (QED) is 0.602. The number of ether oxygens (including phenoxy) is 1. The van der Waals surface area contributed by atoms with Crippen molar-refractivity contribution in [1.29, 1.82) is 0 Å². The predicted molar refractivity (Wildman–Crippen MR) is 118 cm³/mol. The smallest absolute Gasteiger partial charge is 0.181 e. The Bertz CT molecular complexity index is 1100. The molecule has 3 heterocycles. The van der Waals surface area contributed by atoms with Crippen LogP contribution in [-0.2, 0) is 11.3 Å². The van der Waals surface area contributed by atoms with E-state index in [1.165, 1.54) is 5.56 Å². The van der Waals surface area contributed by atoms with Crippen molar-refractivity contribution in [2.75, 3.05) is 5.43 Å². The molecule has 0 amide bonds. The molecule has 160 valence electrons. The number of rotatable bonds is 4. The Labute approximate surface area is 180 Å². The van der Waals surface area contributed by atoms with Crippen molar-refractivity contribution >= 4 is 17.8 Å². The van der Waals surface area contributed by atoms with E-state index in [-0.39, 0.29) is 0 Å². The third kappa shape index (κ3) is 3.59. The van der Waals surface area contributed by atoms with Gasteiger partial charge in [0.15, 0.2) is 12.0 Å². The lowest BCUT2D eigenvalue weighted by atomic mass is 10.1. The van der Waals surface area contributed by atoms with Crippen LogP contribution in [0.5, 0.6) is 0 Å². The fourth-order valence-electron chi connectivity index (χ4n) is 3.98. The lowest BCUT2D eigenvalue weighted by Crippen LogP contribution is -2.31. The number of benzene rings is 2. The normalized spacial score (nSPS) is 25.0. The van der Waals surface area contributed by atoms with Gasteiger partial charge in [-0.2, -0.15) is 5.10 Å². The van der Waals surface area contributed by atoms with Gasteiger partial charge in [0.2, 0.25) is 0 Å². The van der Waals surface area contributed by atoms with Crippen LogP contribution in [0.3, 0.4) is 0 Å². The molecule has 5 rings (SSSR count). The molecule has 0 radical (unpaired) electrons. The Hall–Kier alpha value is -3.20. The minimum Gasteiger partial charge on any atom is -0.388 e. The van der Waals surface area contributed by atoms with Crippen molar-refractivity contribution in [2.24, 2.45) is 4.99 Å². The molecule has 0 spiro atoms. The number of hydrazine groups is 1. The largest absolute Gasteiger partial charge is 0.388 e. The van der Waals surface area contributed by atoms with Crippen molar-refractivity contribution in [3.8, 4) is 11.3 Å². The molecule has 1 fully saturated rings. The van der Waals surface area contributed by atoms with Gasteiger partial charge in [0.1, 0.15) is 18.5 Å². The summed E-state index contributed by atoms with van der Waals surface area (Å²) >= 11 is 0. The van der Waals surface area contributed by atoms with Gasteiger partial charge in [0, 0.05) is 11.1 Å². The molecule has 0 unspecified atom stereocenters. The molecule has 0 bridgehead atoms. The first-order chi connectivity index (χ1) is 15.0. The summed E-state index contributed by atoms with van der Waals surface area (Å²) in [6.45, 7) is 4.31. The number of hydrogen-bond acceptors (Lipinski definition) is 7. The SMILES string of the molecule is Cc1ccc(NN2C=Nc3c(c(-c4ccccc4)nn3[C@@H]3O[C@H](C)[C@@H](O)[C@H]3O)C2)cc1. The van der Waals surface area contributed by atoms with Gasteiger partial charge in [0.25, 0.3) is 0 Å². The topological polar surface area (TPSA) is 95.1 Å². The third-order valence-corrected chi connectivity index (χ3v) is 5.72. The minimum atomic E-state index is -1.08. The zero-order valence-electron chi connectivity index (χ0n) is 17.4. The van der Waals surface area contributed by atoms with Crippen molar-refractivity contribution in [2.45, 2.75) is 44.9 Å². The second-order valence-corrected chi connectivity index (χ2v) is 8.02. The maximum absolute atomic E-state index is 10.5. The summed E-state index contributed by atoms with van der Waals surface area (Å²) in [6.07, 6.45) is -1.65. The second-order valence-electron chi connectivity index (χ2n) is 8.02. The summed E-state index contributed by atoms with van der Waals surface area (Å²) in [7, 11) is 0. The Morgan fingerprint density at radius 1 is 1.03 bits per heavy atom. The molecule has 8 heteroatoms. The number of aliphatic hydroxyl groups excluding tert-OH is 2. The van der Waals surface area contributed by atoms with Crippen molar-refractivity contribution in [3.63, 3.8) is 0 Å². The van der Waals surface area contributed by atoms with Crippen LogP contribution in [0, 0.1) is 6.92 Å². The van der Waals surface area contributed by atoms with Gasteiger partial charge in [-0.15, -0.1) is 0 Å². The molecule has 4 atom stereocenters. The molecule has 31 heavy (non-hydrogen) atoms.